The summed E-state index contributed by atoms with van der Waals surface area (Å²) in [4.78, 5) is 0. The van der Waals surface area contributed by atoms with Crippen molar-refractivity contribution in [2.45, 2.75) is 122 Å². The summed E-state index contributed by atoms with van der Waals surface area (Å²) in [5, 5.41) is 14.4. The summed E-state index contributed by atoms with van der Waals surface area (Å²) in [6.45, 7) is 19.9. The SMILES string of the molecule is CC(C)c1c2c(c3c([n+]1[O-])CC(C)(C)C[C@@H]3O[Si-](C)(C)C(C)(C)C)C1(CCOCC1)O[C@@H]2c1ccc(C(F)(F)F)cc1F. The molecule has 3 aliphatic rings. The first-order chi connectivity index (χ1) is 19.7. The molecule has 5 nitrogen and oxygen atoms in total. The van der Waals surface area contributed by atoms with Crippen molar-refractivity contribution >= 4 is 8.32 Å². The van der Waals surface area contributed by atoms with Gasteiger partial charge in [-0.05, 0) is 32.3 Å². The molecule has 1 aromatic heterocycles. The molecule has 1 saturated heterocycles. The highest BCUT2D eigenvalue weighted by Crippen LogP contribution is 2.59. The molecular weight excluding hydrogens is 578 g/mol. The van der Waals surface area contributed by atoms with Crippen molar-refractivity contribution < 1.29 is 36.2 Å². The average molecular weight is 624 g/mol. The molecule has 239 valence electrons. The fourth-order valence-corrected chi connectivity index (χ4v) is 8.17. The first-order valence-electron chi connectivity index (χ1n) is 15.3. The van der Waals surface area contributed by atoms with Gasteiger partial charge in [0.25, 0.3) is 0 Å². The van der Waals surface area contributed by atoms with Crippen LogP contribution in [0.1, 0.15) is 125 Å². The normalized spacial score (nSPS) is 23.5. The van der Waals surface area contributed by atoms with E-state index < -0.39 is 37.6 Å². The van der Waals surface area contributed by atoms with Crippen molar-refractivity contribution in [1.29, 1.82) is 0 Å². The van der Waals surface area contributed by atoms with Crippen LogP contribution in [0.25, 0.3) is 0 Å². The van der Waals surface area contributed by atoms with Crippen LogP contribution in [0.5, 0.6) is 0 Å². The number of hydrogen-bond donors (Lipinski definition) is 0. The lowest BCUT2D eigenvalue weighted by atomic mass is 9.69. The zero-order valence-corrected chi connectivity index (χ0v) is 27.8. The molecule has 43 heavy (non-hydrogen) atoms. The topological polar surface area (TPSA) is 54.6 Å². The van der Waals surface area contributed by atoms with Crippen molar-refractivity contribution in [3.8, 4) is 0 Å². The van der Waals surface area contributed by atoms with Crippen LogP contribution in [0.15, 0.2) is 18.2 Å². The van der Waals surface area contributed by atoms with E-state index >= 15 is 4.39 Å². The molecule has 5 rings (SSSR count). The summed E-state index contributed by atoms with van der Waals surface area (Å²) in [7, 11) is -2.33. The Kier molecular flexibility index (Phi) is 7.93. The highest BCUT2D eigenvalue weighted by molar-refractivity contribution is 6.74. The molecule has 0 amide bonds. The third kappa shape index (κ3) is 5.55. The van der Waals surface area contributed by atoms with Crippen LogP contribution >= 0.6 is 0 Å². The lowest BCUT2D eigenvalue weighted by molar-refractivity contribution is -0.626. The van der Waals surface area contributed by atoms with Crippen LogP contribution in [-0.2, 0) is 32.1 Å². The second kappa shape index (κ2) is 10.5. The highest BCUT2D eigenvalue weighted by atomic mass is 28.4. The Bertz CT molecular complexity index is 1410. The van der Waals surface area contributed by atoms with Crippen LogP contribution in [-0.4, -0.2) is 21.5 Å². The Balaban J connectivity index is 1.83. The number of halogens is 4. The number of pyridine rings is 1. The number of ether oxygens (including phenoxy) is 2. The smallest absolute Gasteiger partial charge is 0.416 e. The molecule has 2 atom stereocenters. The lowest BCUT2D eigenvalue weighted by Gasteiger charge is -2.53. The standard InChI is InChI=1S/C33H45F4NO4Si/c1-19(2)28-26-27(25-23(38(28)39)17-31(6,7)18-24(25)42-43(8,9)30(3,4)5)32(12-14-40-15-13-32)41-29(26)21-11-10-20(16-22(21)34)33(35,36)37/h10-11,16,19,24,29H,12-15,17-18H2,1-9H3/q-1/t24-,29+/m0/s1. The predicted octanol–water partition coefficient (Wildman–Crippen LogP) is 8.76. The maximum absolute atomic E-state index is 15.7. The van der Waals surface area contributed by atoms with E-state index in [4.69, 9.17) is 13.9 Å². The molecule has 2 aliphatic heterocycles. The Labute approximate surface area is 253 Å². The van der Waals surface area contributed by atoms with E-state index in [2.05, 4.69) is 47.7 Å². The van der Waals surface area contributed by atoms with Gasteiger partial charge in [-0.3, -0.25) is 0 Å². The molecule has 0 radical (unpaired) electrons. The van der Waals surface area contributed by atoms with Gasteiger partial charge in [-0.25, -0.2) is 4.39 Å². The zero-order valence-electron chi connectivity index (χ0n) is 26.8. The first-order valence-corrected chi connectivity index (χ1v) is 18.2. The molecule has 0 bridgehead atoms. The van der Waals surface area contributed by atoms with Gasteiger partial charge < -0.3 is 19.1 Å². The number of aromatic nitrogens is 1. The van der Waals surface area contributed by atoms with Crippen LogP contribution in [0.3, 0.4) is 0 Å². The maximum atomic E-state index is 15.7. The van der Waals surface area contributed by atoms with Crippen LogP contribution in [0.4, 0.5) is 17.6 Å². The van der Waals surface area contributed by atoms with Gasteiger partial charge in [0.2, 0.25) is 5.69 Å². The quantitative estimate of drug-likeness (QED) is 0.148. The zero-order chi connectivity index (χ0) is 31.9. The van der Waals surface area contributed by atoms with Gasteiger partial charge in [0.1, 0.15) is 11.9 Å². The molecular formula is C33H45F4NO4Si-. The van der Waals surface area contributed by atoms with E-state index in [1.807, 2.05) is 13.8 Å². The van der Waals surface area contributed by atoms with Gasteiger partial charge in [0, 0.05) is 55.6 Å². The summed E-state index contributed by atoms with van der Waals surface area (Å²) in [5.41, 5.74) is 1.24. The van der Waals surface area contributed by atoms with Crippen LogP contribution in [0.2, 0.25) is 18.1 Å². The van der Waals surface area contributed by atoms with E-state index in [0.717, 1.165) is 28.0 Å². The number of benzene rings is 1. The number of nitrogens with zero attached hydrogens (tertiary/aromatic N) is 1. The van der Waals surface area contributed by atoms with Crippen molar-refractivity contribution in [3.63, 3.8) is 0 Å². The van der Waals surface area contributed by atoms with Crippen molar-refractivity contribution in [1.82, 2.24) is 0 Å². The van der Waals surface area contributed by atoms with Gasteiger partial charge in [0.05, 0.1) is 22.3 Å². The average Bonchev–Trinajstić information content (AvgIpc) is 3.15. The molecule has 1 aromatic carbocycles. The molecule has 0 saturated carbocycles. The Morgan fingerprint density at radius 3 is 2.23 bits per heavy atom. The predicted molar refractivity (Wildman–Crippen MR) is 159 cm³/mol. The molecule has 1 fully saturated rings. The molecule has 1 spiro atoms. The minimum atomic E-state index is -4.68. The largest absolute Gasteiger partial charge is 0.618 e. The van der Waals surface area contributed by atoms with E-state index in [9.17, 15) is 18.4 Å². The van der Waals surface area contributed by atoms with E-state index in [0.29, 0.717) is 61.9 Å². The molecule has 10 heteroatoms. The Morgan fingerprint density at radius 2 is 1.70 bits per heavy atom. The Morgan fingerprint density at radius 1 is 1.07 bits per heavy atom. The first kappa shape index (κ1) is 32.4. The minimum Gasteiger partial charge on any atom is -0.618 e. The monoisotopic (exact) mass is 623 g/mol. The second-order valence-corrected chi connectivity index (χ2v) is 20.0. The lowest BCUT2D eigenvalue weighted by Crippen LogP contribution is -2.49. The molecule has 0 N–H and O–H groups in total. The summed E-state index contributed by atoms with van der Waals surface area (Å²) in [6.07, 6.45) is -3.88. The number of rotatable bonds is 4. The second-order valence-electron chi connectivity index (χ2n) is 15.2. The fourth-order valence-electron chi connectivity index (χ4n) is 6.91. The van der Waals surface area contributed by atoms with Crippen LogP contribution in [0, 0.1) is 16.4 Å². The highest BCUT2D eigenvalue weighted by Gasteiger charge is 2.56. The fraction of sp³-hybridized carbons (Fsp3) is 0.667. The van der Waals surface area contributed by atoms with E-state index in [1.165, 1.54) is 0 Å². The van der Waals surface area contributed by atoms with Crippen LogP contribution < -0.4 is 4.73 Å². The number of fused-ring (bicyclic) bond motifs is 4. The summed E-state index contributed by atoms with van der Waals surface area (Å²) < 4.78 is 76.9. The van der Waals surface area contributed by atoms with E-state index in [-0.39, 0.29) is 28.0 Å². The summed E-state index contributed by atoms with van der Waals surface area (Å²) >= 11 is 0. The van der Waals surface area contributed by atoms with E-state index in [1.54, 1.807) is 0 Å². The number of hydrogen-bond acceptors (Lipinski definition) is 4. The molecule has 1 aliphatic carbocycles. The van der Waals surface area contributed by atoms with Gasteiger partial charge in [-0.2, -0.15) is 17.9 Å². The summed E-state index contributed by atoms with van der Waals surface area (Å²) in [5.74, 6) is -1.25. The van der Waals surface area contributed by atoms with Gasteiger partial charge in [-0.15, -0.1) is 18.1 Å². The summed E-state index contributed by atoms with van der Waals surface area (Å²) in [6, 6.07) is 2.58. The van der Waals surface area contributed by atoms with Crippen molar-refractivity contribution in [2.75, 3.05) is 13.2 Å². The third-order valence-corrected chi connectivity index (χ3v) is 14.5. The van der Waals surface area contributed by atoms with Gasteiger partial charge in [0.15, 0.2) is 5.69 Å². The van der Waals surface area contributed by atoms with Gasteiger partial charge in [-0.1, -0.05) is 54.5 Å². The minimum absolute atomic E-state index is 0.00234. The number of alkyl halides is 3. The maximum Gasteiger partial charge on any atom is 0.416 e. The Hall–Kier alpha value is -2.01. The molecule has 0 unspecified atom stereocenters. The van der Waals surface area contributed by atoms with Gasteiger partial charge >= 0.3 is 6.18 Å². The third-order valence-electron chi connectivity index (χ3n) is 10.1. The molecule has 2 aromatic rings. The van der Waals surface area contributed by atoms with Crippen molar-refractivity contribution in [3.05, 3.63) is 68.4 Å². The van der Waals surface area contributed by atoms with Crippen molar-refractivity contribution in [2.24, 2.45) is 5.41 Å². The molecule has 3 heterocycles.